The van der Waals surface area contributed by atoms with E-state index in [0.29, 0.717) is 17.2 Å². The summed E-state index contributed by atoms with van der Waals surface area (Å²) in [7, 11) is 2.03. The van der Waals surface area contributed by atoms with Gasteiger partial charge in [0.1, 0.15) is 0 Å². The molecule has 2 nitrogen and oxygen atoms in total. The summed E-state index contributed by atoms with van der Waals surface area (Å²) in [6.45, 7) is 2.05. The first kappa shape index (κ1) is 14.6. The van der Waals surface area contributed by atoms with E-state index in [1.807, 2.05) is 11.7 Å². The molecule has 1 saturated carbocycles. The first-order valence-electron chi connectivity index (χ1n) is 7.82. The van der Waals surface area contributed by atoms with Crippen LogP contribution in [0.5, 0.6) is 0 Å². The average Bonchev–Trinajstić information content (AvgIpc) is 2.80. The predicted octanol–water partition coefficient (Wildman–Crippen LogP) is 4.46. The summed E-state index contributed by atoms with van der Waals surface area (Å²) in [5.41, 5.74) is 3.86. The third-order valence-electron chi connectivity index (χ3n) is 4.73. The molecule has 21 heavy (non-hydrogen) atoms. The standard InChI is InChI=1S/C18H23ClN2/c1-13-10-17(21(2)20-13)12-16-11-15(8-9-18(16)19)14-6-4-3-5-7-14/h3-7,10,15-16,18H,8-9,11-12H2,1-2H3. The molecule has 3 heteroatoms. The largest absolute Gasteiger partial charge is 0.272 e. The van der Waals surface area contributed by atoms with Gasteiger partial charge in [-0.1, -0.05) is 30.3 Å². The van der Waals surface area contributed by atoms with Gasteiger partial charge in [0.25, 0.3) is 0 Å². The monoisotopic (exact) mass is 302 g/mol. The number of hydrogen-bond acceptors (Lipinski definition) is 1. The molecule has 1 aliphatic carbocycles. The average molecular weight is 303 g/mol. The Balaban J connectivity index is 1.73. The summed E-state index contributed by atoms with van der Waals surface area (Å²) >= 11 is 6.61. The topological polar surface area (TPSA) is 17.8 Å². The van der Waals surface area contributed by atoms with E-state index in [1.165, 1.54) is 24.1 Å². The highest BCUT2D eigenvalue weighted by atomic mass is 35.5. The molecule has 0 bridgehead atoms. The number of nitrogens with zero attached hydrogens (tertiary/aromatic N) is 2. The third-order valence-corrected chi connectivity index (χ3v) is 5.31. The molecule has 0 radical (unpaired) electrons. The maximum absolute atomic E-state index is 6.61. The third kappa shape index (κ3) is 3.32. The fourth-order valence-electron chi connectivity index (χ4n) is 3.59. The molecule has 1 aliphatic rings. The molecule has 3 atom stereocenters. The van der Waals surface area contributed by atoms with Crippen molar-refractivity contribution in [3.05, 3.63) is 53.3 Å². The summed E-state index contributed by atoms with van der Waals surface area (Å²) < 4.78 is 2.01. The number of benzene rings is 1. The highest BCUT2D eigenvalue weighted by molar-refractivity contribution is 6.20. The molecule has 0 saturated heterocycles. The Morgan fingerprint density at radius 1 is 1.24 bits per heavy atom. The van der Waals surface area contributed by atoms with E-state index >= 15 is 0 Å². The Kier molecular flexibility index (Phi) is 4.34. The smallest absolute Gasteiger partial charge is 0.0596 e. The second-order valence-electron chi connectivity index (χ2n) is 6.30. The molecular formula is C18H23ClN2. The lowest BCUT2D eigenvalue weighted by molar-refractivity contribution is 0.322. The Hall–Kier alpha value is -1.28. The van der Waals surface area contributed by atoms with E-state index in [0.717, 1.165) is 18.5 Å². The number of hydrogen-bond donors (Lipinski definition) is 0. The maximum Gasteiger partial charge on any atom is 0.0596 e. The molecule has 0 aliphatic heterocycles. The molecule has 0 amide bonds. The molecule has 3 unspecified atom stereocenters. The second-order valence-corrected chi connectivity index (χ2v) is 6.86. The first-order valence-corrected chi connectivity index (χ1v) is 8.25. The van der Waals surface area contributed by atoms with Crippen LogP contribution in [0, 0.1) is 12.8 Å². The van der Waals surface area contributed by atoms with Crippen LogP contribution in [0.3, 0.4) is 0 Å². The summed E-state index contributed by atoms with van der Waals surface area (Å²) in [5.74, 6) is 1.20. The molecule has 1 aromatic heterocycles. The Morgan fingerprint density at radius 3 is 2.67 bits per heavy atom. The van der Waals surface area contributed by atoms with Gasteiger partial charge in [-0.2, -0.15) is 5.10 Å². The zero-order chi connectivity index (χ0) is 14.8. The minimum atomic E-state index is 0.292. The number of aryl methyl sites for hydroxylation is 2. The van der Waals surface area contributed by atoms with Gasteiger partial charge in [0.2, 0.25) is 0 Å². The zero-order valence-corrected chi connectivity index (χ0v) is 13.6. The fraction of sp³-hybridized carbons (Fsp3) is 0.500. The van der Waals surface area contributed by atoms with Gasteiger partial charge in [-0.15, -0.1) is 11.6 Å². The van der Waals surface area contributed by atoms with Gasteiger partial charge in [0.05, 0.1) is 5.69 Å². The van der Waals surface area contributed by atoms with Crippen LogP contribution in [0.4, 0.5) is 0 Å². The molecule has 112 valence electrons. The summed E-state index contributed by atoms with van der Waals surface area (Å²) in [6, 6.07) is 13.1. The van der Waals surface area contributed by atoms with Crippen molar-refractivity contribution in [1.29, 1.82) is 0 Å². The quantitative estimate of drug-likeness (QED) is 0.765. The van der Waals surface area contributed by atoms with Gasteiger partial charge in [0, 0.05) is 18.1 Å². The summed E-state index contributed by atoms with van der Waals surface area (Å²) in [5, 5.41) is 4.74. The van der Waals surface area contributed by atoms with Crippen LogP contribution in [0.15, 0.2) is 36.4 Å². The molecule has 3 rings (SSSR count). The van der Waals surface area contributed by atoms with E-state index in [4.69, 9.17) is 11.6 Å². The van der Waals surface area contributed by atoms with Crippen LogP contribution in [0.2, 0.25) is 0 Å². The van der Waals surface area contributed by atoms with Crippen LogP contribution in [0.1, 0.15) is 42.1 Å². The van der Waals surface area contributed by atoms with Gasteiger partial charge >= 0.3 is 0 Å². The van der Waals surface area contributed by atoms with Crippen molar-refractivity contribution in [3.63, 3.8) is 0 Å². The highest BCUT2D eigenvalue weighted by Gasteiger charge is 2.30. The van der Waals surface area contributed by atoms with Crippen molar-refractivity contribution in [3.8, 4) is 0 Å². The molecule has 1 fully saturated rings. The Labute approximate surface area is 132 Å². The van der Waals surface area contributed by atoms with Crippen molar-refractivity contribution in [2.24, 2.45) is 13.0 Å². The Morgan fingerprint density at radius 2 is 2.00 bits per heavy atom. The van der Waals surface area contributed by atoms with E-state index in [2.05, 4.69) is 48.4 Å². The van der Waals surface area contributed by atoms with Crippen LogP contribution < -0.4 is 0 Å². The lowest BCUT2D eigenvalue weighted by atomic mass is 9.76. The van der Waals surface area contributed by atoms with Gasteiger partial charge in [-0.05, 0) is 56.1 Å². The van der Waals surface area contributed by atoms with E-state index in [1.54, 1.807) is 0 Å². The first-order chi connectivity index (χ1) is 10.1. The highest BCUT2D eigenvalue weighted by Crippen LogP contribution is 2.40. The van der Waals surface area contributed by atoms with Crippen molar-refractivity contribution in [1.82, 2.24) is 9.78 Å². The Bertz CT molecular complexity index is 591. The number of halogens is 1. The minimum absolute atomic E-state index is 0.292. The maximum atomic E-state index is 6.61. The number of alkyl halides is 1. The SMILES string of the molecule is Cc1cc(CC2CC(c3ccccc3)CCC2Cl)n(C)n1. The van der Waals surface area contributed by atoms with E-state index in [9.17, 15) is 0 Å². The van der Waals surface area contributed by atoms with Crippen molar-refractivity contribution in [2.75, 3.05) is 0 Å². The van der Waals surface area contributed by atoms with Crippen LogP contribution in [0.25, 0.3) is 0 Å². The van der Waals surface area contributed by atoms with Crippen molar-refractivity contribution < 1.29 is 0 Å². The lowest BCUT2D eigenvalue weighted by Crippen LogP contribution is -2.27. The van der Waals surface area contributed by atoms with Crippen LogP contribution >= 0.6 is 11.6 Å². The number of aromatic nitrogens is 2. The normalized spacial score (nSPS) is 26.0. The molecule has 1 heterocycles. The zero-order valence-electron chi connectivity index (χ0n) is 12.8. The summed E-state index contributed by atoms with van der Waals surface area (Å²) in [6.07, 6.45) is 4.54. The van der Waals surface area contributed by atoms with Gasteiger partial charge in [-0.25, -0.2) is 0 Å². The van der Waals surface area contributed by atoms with Gasteiger partial charge in [0.15, 0.2) is 0 Å². The molecule has 2 aromatic rings. The lowest BCUT2D eigenvalue weighted by Gasteiger charge is -2.33. The molecule has 1 aromatic carbocycles. The number of rotatable bonds is 3. The van der Waals surface area contributed by atoms with Crippen molar-refractivity contribution in [2.45, 2.75) is 43.9 Å². The molecule has 0 spiro atoms. The minimum Gasteiger partial charge on any atom is -0.272 e. The van der Waals surface area contributed by atoms with Crippen molar-refractivity contribution >= 4 is 11.6 Å². The van der Waals surface area contributed by atoms with Gasteiger partial charge < -0.3 is 0 Å². The van der Waals surface area contributed by atoms with E-state index < -0.39 is 0 Å². The second kappa shape index (κ2) is 6.23. The predicted molar refractivity (Wildman–Crippen MR) is 87.8 cm³/mol. The molecule has 0 N–H and O–H groups in total. The van der Waals surface area contributed by atoms with Gasteiger partial charge in [-0.3, -0.25) is 4.68 Å². The van der Waals surface area contributed by atoms with Crippen LogP contribution in [-0.2, 0) is 13.5 Å². The summed E-state index contributed by atoms with van der Waals surface area (Å²) in [4.78, 5) is 0. The fourth-order valence-corrected chi connectivity index (χ4v) is 3.91. The van der Waals surface area contributed by atoms with E-state index in [-0.39, 0.29) is 0 Å². The van der Waals surface area contributed by atoms with Crippen LogP contribution in [-0.4, -0.2) is 15.2 Å². The molecular weight excluding hydrogens is 280 g/mol.